The zero-order chi connectivity index (χ0) is 14.7. The first-order valence-electron chi connectivity index (χ1n) is 5.27. The Morgan fingerprint density at radius 1 is 1.37 bits per heavy atom. The quantitative estimate of drug-likeness (QED) is 0.419. The van der Waals surface area contributed by atoms with Gasteiger partial charge in [0.2, 0.25) is 0 Å². The van der Waals surface area contributed by atoms with Crippen LogP contribution >= 0.6 is 11.8 Å². The number of carboxylic acid groups (broad SMARTS) is 2. The van der Waals surface area contributed by atoms with Gasteiger partial charge in [0, 0.05) is 30.2 Å². The van der Waals surface area contributed by atoms with Gasteiger partial charge in [0.25, 0.3) is 5.56 Å². The van der Waals surface area contributed by atoms with E-state index in [0.717, 1.165) is 12.2 Å². The van der Waals surface area contributed by atoms with E-state index in [1.54, 1.807) is 11.8 Å². The lowest BCUT2D eigenvalue weighted by Crippen LogP contribution is -2.05. The lowest BCUT2D eigenvalue weighted by molar-refractivity contribution is -0.134. The van der Waals surface area contributed by atoms with Crippen LogP contribution in [-0.2, 0) is 9.59 Å². The number of rotatable bonds is 5. The summed E-state index contributed by atoms with van der Waals surface area (Å²) in [5.74, 6) is -1.52. The van der Waals surface area contributed by atoms with E-state index in [9.17, 15) is 14.4 Å². The normalized spacial score (nSPS) is 9.74. The Balaban J connectivity index is 0.000000362. The van der Waals surface area contributed by atoms with Gasteiger partial charge in [-0.3, -0.25) is 4.79 Å². The molecule has 0 radical (unpaired) electrons. The Kier molecular flexibility index (Phi) is 8.80. The van der Waals surface area contributed by atoms with Crippen LogP contribution in [0.3, 0.4) is 0 Å². The average Bonchev–Trinajstić information content (AvgIpc) is 2.35. The van der Waals surface area contributed by atoms with Gasteiger partial charge < -0.3 is 15.2 Å². The van der Waals surface area contributed by atoms with Gasteiger partial charge in [-0.1, -0.05) is 18.7 Å². The molecule has 0 aliphatic rings. The van der Waals surface area contributed by atoms with Gasteiger partial charge in [0.05, 0.1) is 0 Å². The largest absolute Gasteiger partial charge is 0.478 e. The van der Waals surface area contributed by atoms with Crippen LogP contribution in [0.5, 0.6) is 0 Å². The molecule has 1 aromatic heterocycles. The minimum absolute atomic E-state index is 0.0846. The maximum Gasteiger partial charge on any atom is 0.328 e. The average molecular weight is 286 g/mol. The number of carbonyl (C=O) groups is 2. The van der Waals surface area contributed by atoms with E-state index < -0.39 is 11.9 Å². The molecule has 0 spiro atoms. The van der Waals surface area contributed by atoms with Gasteiger partial charge in [-0.2, -0.15) is 0 Å². The molecular weight excluding hydrogens is 272 g/mol. The summed E-state index contributed by atoms with van der Waals surface area (Å²) in [5.41, 5.74) is -0.0846. The Morgan fingerprint density at radius 2 is 1.95 bits per heavy atom. The van der Waals surface area contributed by atoms with Crippen LogP contribution in [0.1, 0.15) is 13.3 Å². The zero-order valence-corrected chi connectivity index (χ0v) is 11.0. The molecule has 3 N–H and O–H groups in total. The fourth-order valence-electron chi connectivity index (χ4n) is 0.767. The van der Waals surface area contributed by atoms with Gasteiger partial charge in [-0.05, 0) is 6.42 Å². The van der Waals surface area contributed by atoms with Crippen molar-refractivity contribution < 1.29 is 19.8 Å². The highest BCUT2D eigenvalue weighted by atomic mass is 32.2. The lowest BCUT2D eigenvalue weighted by atomic mass is 10.5. The van der Waals surface area contributed by atoms with Crippen molar-refractivity contribution in [2.75, 3.05) is 5.75 Å². The van der Waals surface area contributed by atoms with Crippen molar-refractivity contribution in [2.24, 2.45) is 0 Å². The Bertz CT molecular complexity index is 482. The standard InChI is InChI=1S/C7H10N2OS.C4H4O4/c1-2-5-11-7-8-4-3-6(10)9-7;5-3(6)1-2-4(7)8/h3-4H,2,5H2,1H3,(H,8,9,10);1-2H,(H,5,6)(H,7,8)/b;2-1+. The van der Waals surface area contributed by atoms with Crippen molar-refractivity contribution in [3.63, 3.8) is 0 Å². The van der Waals surface area contributed by atoms with E-state index in [-0.39, 0.29) is 5.56 Å². The number of nitrogens with zero attached hydrogens (tertiary/aromatic N) is 1. The molecule has 0 aliphatic heterocycles. The SMILES string of the molecule is CCCSc1nccc(=O)[nH]1.O=C(O)/C=C/C(=O)O. The predicted octanol–water partition coefficient (Wildman–Crippen LogP) is 0.984. The van der Waals surface area contributed by atoms with Crippen LogP contribution in [0.2, 0.25) is 0 Å². The molecule has 7 nitrogen and oxygen atoms in total. The number of hydrogen-bond acceptors (Lipinski definition) is 5. The summed E-state index contributed by atoms with van der Waals surface area (Å²) in [6.07, 6.45) is 3.73. The number of carboxylic acids is 2. The van der Waals surface area contributed by atoms with Crippen LogP contribution in [0, 0.1) is 0 Å². The summed E-state index contributed by atoms with van der Waals surface area (Å²) >= 11 is 1.57. The van der Waals surface area contributed by atoms with Crippen molar-refractivity contribution in [3.8, 4) is 0 Å². The van der Waals surface area contributed by atoms with Crippen LogP contribution in [0.25, 0.3) is 0 Å². The maximum absolute atomic E-state index is 10.7. The Labute approximate surface area is 113 Å². The van der Waals surface area contributed by atoms with Crippen LogP contribution in [0.15, 0.2) is 34.4 Å². The molecule has 0 fully saturated rings. The number of thioether (sulfide) groups is 1. The first kappa shape index (κ1) is 16.9. The highest BCUT2D eigenvalue weighted by Crippen LogP contribution is 2.09. The molecule has 0 saturated carbocycles. The molecule has 0 saturated heterocycles. The molecule has 1 rings (SSSR count). The van der Waals surface area contributed by atoms with Crippen LogP contribution in [0.4, 0.5) is 0 Å². The van der Waals surface area contributed by atoms with E-state index in [2.05, 4.69) is 16.9 Å². The third kappa shape index (κ3) is 10.8. The van der Waals surface area contributed by atoms with E-state index >= 15 is 0 Å². The smallest absolute Gasteiger partial charge is 0.328 e. The van der Waals surface area contributed by atoms with E-state index in [1.807, 2.05) is 0 Å². The molecule has 1 heterocycles. The summed E-state index contributed by atoms with van der Waals surface area (Å²) in [6.45, 7) is 2.09. The van der Waals surface area contributed by atoms with Crippen molar-refractivity contribution >= 4 is 23.7 Å². The number of aromatic nitrogens is 2. The molecule has 0 unspecified atom stereocenters. The predicted molar refractivity (Wildman–Crippen MR) is 70.3 cm³/mol. The third-order valence-electron chi connectivity index (χ3n) is 1.46. The Hall–Kier alpha value is -2.09. The number of hydrogen-bond donors (Lipinski definition) is 3. The Morgan fingerprint density at radius 3 is 2.37 bits per heavy atom. The summed E-state index contributed by atoms with van der Waals surface area (Å²) in [4.78, 5) is 36.5. The molecule has 0 aliphatic carbocycles. The fourth-order valence-corrected chi connectivity index (χ4v) is 1.47. The summed E-state index contributed by atoms with van der Waals surface area (Å²) < 4.78 is 0. The molecule has 104 valence electrons. The summed E-state index contributed by atoms with van der Waals surface area (Å²) in [5, 5.41) is 16.3. The lowest BCUT2D eigenvalue weighted by Gasteiger charge is -1.95. The fraction of sp³-hybridized carbons (Fsp3) is 0.273. The second-order valence-corrected chi connectivity index (χ2v) is 4.18. The third-order valence-corrected chi connectivity index (χ3v) is 2.55. The number of aromatic amines is 1. The van der Waals surface area contributed by atoms with Gasteiger partial charge in [0.15, 0.2) is 5.16 Å². The molecule has 1 aromatic rings. The number of H-pyrrole nitrogens is 1. The van der Waals surface area contributed by atoms with Gasteiger partial charge >= 0.3 is 11.9 Å². The molecule has 0 bridgehead atoms. The van der Waals surface area contributed by atoms with E-state index in [1.165, 1.54) is 12.3 Å². The minimum atomic E-state index is -1.26. The van der Waals surface area contributed by atoms with Crippen LogP contribution < -0.4 is 5.56 Å². The van der Waals surface area contributed by atoms with Crippen molar-refractivity contribution in [2.45, 2.75) is 18.5 Å². The van der Waals surface area contributed by atoms with E-state index in [0.29, 0.717) is 17.3 Å². The second-order valence-electron chi connectivity index (χ2n) is 3.10. The van der Waals surface area contributed by atoms with Crippen LogP contribution in [-0.4, -0.2) is 37.9 Å². The van der Waals surface area contributed by atoms with Crippen molar-refractivity contribution in [1.82, 2.24) is 9.97 Å². The summed E-state index contributed by atoms with van der Waals surface area (Å²) in [6, 6.07) is 1.41. The highest BCUT2D eigenvalue weighted by molar-refractivity contribution is 7.99. The number of nitrogens with one attached hydrogen (secondary N) is 1. The topological polar surface area (TPSA) is 120 Å². The molecule has 0 atom stereocenters. The first-order valence-corrected chi connectivity index (χ1v) is 6.26. The summed E-state index contributed by atoms with van der Waals surface area (Å²) in [7, 11) is 0. The first-order chi connectivity index (χ1) is 8.95. The van der Waals surface area contributed by atoms with Crippen molar-refractivity contribution in [1.29, 1.82) is 0 Å². The monoisotopic (exact) mass is 286 g/mol. The van der Waals surface area contributed by atoms with Gasteiger partial charge in [0.1, 0.15) is 0 Å². The minimum Gasteiger partial charge on any atom is -0.478 e. The molecule has 8 heteroatoms. The molecule has 19 heavy (non-hydrogen) atoms. The molecule has 0 aromatic carbocycles. The van der Waals surface area contributed by atoms with Gasteiger partial charge in [-0.25, -0.2) is 14.6 Å². The zero-order valence-electron chi connectivity index (χ0n) is 10.2. The second kappa shape index (κ2) is 9.89. The molecular formula is C11H14N2O5S. The molecule has 0 amide bonds. The highest BCUT2D eigenvalue weighted by Gasteiger charge is 1.92. The van der Waals surface area contributed by atoms with E-state index in [4.69, 9.17) is 10.2 Å². The number of aliphatic carboxylic acids is 2. The van der Waals surface area contributed by atoms with Crippen molar-refractivity contribution in [3.05, 3.63) is 34.8 Å². The maximum atomic E-state index is 10.7. The van der Waals surface area contributed by atoms with Gasteiger partial charge in [-0.15, -0.1) is 0 Å².